The minimum absolute atomic E-state index is 0.106. The zero-order chi connectivity index (χ0) is 15.9. The molecule has 0 spiro atoms. The highest BCUT2D eigenvalue weighted by Gasteiger charge is 2.14. The molecule has 22 heavy (non-hydrogen) atoms. The molecule has 1 aromatic heterocycles. The van der Waals surface area contributed by atoms with Crippen LogP contribution in [0.1, 0.15) is 17.4 Å². The van der Waals surface area contributed by atoms with Gasteiger partial charge in [-0.2, -0.15) is 0 Å². The summed E-state index contributed by atoms with van der Waals surface area (Å²) in [6.07, 6.45) is 0. The highest BCUT2D eigenvalue weighted by Crippen LogP contribution is 2.08. The molecule has 2 aromatic rings. The zero-order valence-corrected chi connectivity index (χ0v) is 12.2. The van der Waals surface area contributed by atoms with Crippen molar-refractivity contribution in [3.05, 3.63) is 48.2 Å². The van der Waals surface area contributed by atoms with E-state index in [0.29, 0.717) is 11.5 Å². The summed E-state index contributed by atoms with van der Waals surface area (Å²) in [6.45, 7) is 1.70. The van der Waals surface area contributed by atoms with Crippen molar-refractivity contribution in [2.24, 2.45) is 0 Å². The monoisotopic (exact) mass is 300 g/mol. The summed E-state index contributed by atoms with van der Waals surface area (Å²) < 4.78 is 4.54. The number of hydrogen-bond acceptors (Lipinski definition) is 6. The molecule has 1 heterocycles. The quantitative estimate of drug-likeness (QED) is 0.816. The minimum atomic E-state index is -0.561. The van der Waals surface area contributed by atoms with Gasteiger partial charge in [-0.3, -0.25) is 4.79 Å². The first-order valence-electron chi connectivity index (χ1n) is 6.64. The number of rotatable bonds is 5. The van der Waals surface area contributed by atoms with E-state index >= 15 is 0 Å². The highest BCUT2D eigenvalue weighted by molar-refractivity contribution is 5.96. The van der Waals surface area contributed by atoms with Crippen molar-refractivity contribution in [3.63, 3.8) is 0 Å². The highest BCUT2D eigenvalue weighted by atomic mass is 16.5. The third-order valence-electron chi connectivity index (χ3n) is 2.86. The summed E-state index contributed by atoms with van der Waals surface area (Å²) in [5.74, 6) is -0.373. The van der Waals surface area contributed by atoms with Crippen LogP contribution in [-0.2, 0) is 9.53 Å². The lowest BCUT2D eigenvalue weighted by atomic mass is 10.2. The van der Waals surface area contributed by atoms with E-state index in [2.05, 4.69) is 25.6 Å². The van der Waals surface area contributed by atoms with Crippen LogP contribution in [0.15, 0.2) is 42.5 Å². The van der Waals surface area contributed by atoms with E-state index in [4.69, 9.17) is 0 Å². The van der Waals surface area contributed by atoms with Gasteiger partial charge in [-0.15, -0.1) is 10.2 Å². The van der Waals surface area contributed by atoms with Crippen molar-refractivity contribution < 1.29 is 14.3 Å². The van der Waals surface area contributed by atoms with Gasteiger partial charge in [0.1, 0.15) is 11.9 Å². The largest absolute Gasteiger partial charge is 0.464 e. The molecule has 0 aliphatic rings. The van der Waals surface area contributed by atoms with Crippen LogP contribution in [0.4, 0.5) is 11.5 Å². The number of nitrogens with zero attached hydrogens (tertiary/aromatic N) is 2. The Hall–Kier alpha value is -2.96. The molecule has 0 aliphatic heterocycles. The zero-order valence-electron chi connectivity index (χ0n) is 12.2. The first-order valence-corrected chi connectivity index (χ1v) is 6.64. The summed E-state index contributed by atoms with van der Waals surface area (Å²) in [6, 6.07) is 11.7. The fourth-order valence-electron chi connectivity index (χ4n) is 1.68. The number of amides is 1. The molecule has 0 radical (unpaired) electrons. The predicted molar refractivity (Wildman–Crippen MR) is 81.5 cm³/mol. The number of para-hydroxylation sites is 1. The number of benzene rings is 1. The number of hydrogen-bond donors (Lipinski definition) is 2. The van der Waals surface area contributed by atoms with Gasteiger partial charge in [-0.1, -0.05) is 18.2 Å². The van der Waals surface area contributed by atoms with Crippen LogP contribution >= 0.6 is 0 Å². The van der Waals surface area contributed by atoms with Crippen LogP contribution in [0.2, 0.25) is 0 Å². The first kappa shape index (κ1) is 15.4. The van der Waals surface area contributed by atoms with Gasteiger partial charge < -0.3 is 15.4 Å². The molecular weight excluding hydrogens is 284 g/mol. The fourth-order valence-corrected chi connectivity index (χ4v) is 1.68. The molecule has 1 atom stereocenters. The van der Waals surface area contributed by atoms with E-state index in [0.717, 1.165) is 0 Å². The maximum Gasteiger partial charge on any atom is 0.358 e. The van der Waals surface area contributed by atoms with E-state index in [1.807, 2.05) is 18.2 Å². The molecule has 1 aromatic carbocycles. The van der Waals surface area contributed by atoms with Gasteiger partial charge in [-0.25, -0.2) is 4.79 Å². The number of esters is 1. The maximum atomic E-state index is 12.0. The number of nitrogens with one attached hydrogen (secondary N) is 2. The van der Waals surface area contributed by atoms with Gasteiger partial charge in [0.25, 0.3) is 0 Å². The van der Waals surface area contributed by atoms with E-state index in [-0.39, 0.29) is 11.6 Å². The molecule has 1 unspecified atom stereocenters. The Balaban J connectivity index is 1.95. The molecule has 0 saturated heterocycles. The lowest BCUT2D eigenvalue weighted by Crippen LogP contribution is -2.32. The molecule has 7 heteroatoms. The minimum Gasteiger partial charge on any atom is -0.464 e. The van der Waals surface area contributed by atoms with Crippen molar-refractivity contribution in [1.82, 2.24) is 10.2 Å². The lowest BCUT2D eigenvalue weighted by molar-refractivity contribution is -0.116. The third kappa shape index (κ3) is 4.02. The van der Waals surface area contributed by atoms with Crippen LogP contribution in [0.5, 0.6) is 0 Å². The number of ether oxygens (including phenoxy) is 1. The topological polar surface area (TPSA) is 93.2 Å². The normalized spacial score (nSPS) is 11.4. The van der Waals surface area contributed by atoms with Gasteiger partial charge in [-0.05, 0) is 31.2 Å². The summed E-state index contributed by atoms with van der Waals surface area (Å²) in [4.78, 5) is 23.3. The molecule has 2 rings (SSSR count). The molecule has 0 saturated carbocycles. The average Bonchev–Trinajstić information content (AvgIpc) is 2.55. The standard InChI is InChI=1S/C15H16N4O3/c1-10(14(20)17-11-6-4-3-5-7-11)16-13-9-8-12(18-19-13)15(21)22-2/h3-10H,1-2H3,(H,16,19)(H,17,20). The SMILES string of the molecule is COC(=O)c1ccc(NC(C)C(=O)Nc2ccccc2)nn1. The van der Waals surface area contributed by atoms with Crippen LogP contribution in [0.25, 0.3) is 0 Å². The predicted octanol–water partition coefficient (Wildman–Crippen LogP) is 1.70. The van der Waals surface area contributed by atoms with Gasteiger partial charge >= 0.3 is 5.97 Å². The van der Waals surface area contributed by atoms with Crippen LogP contribution in [0.3, 0.4) is 0 Å². The van der Waals surface area contributed by atoms with Gasteiger partial charge in [0, 0.05) is 5.69 Å². The van der Waals surface area contributed by atoms with Crippen LogP contribution in [-0.4, -0.2) is 35.2 Å². The lowest BCUT2D eigenvalue weighted by Gasteiger charge is -2.14. The Morgan fingerprint density at radius 3 is 2.41 bits per heavy atom. The summed E-state index contributed by atoms with van der Waals surface area (Å²) in [5.41, 5.74) is 0.822. The number of methoxy groups -OCH3 is 1. The maximum absolute atomic E-state index is 12.0. The summed E-state index contributed by atoms with van der Waals surface area (Å²) in [7, 11) is 1.27. The second-order valence-electron chi connectivity index (χ2n) is 4.52. The van der Waals surface area contributed by atoms with E-state index in [1.165, 1.54) is 13.2 Å². The van der Waals surface area contributed by atoms with E-state index in [1.54, 1.807) is 25.1 Å². The number of carbonyl (C=O) groups excluding carboxylic acids is 2. The van der Waals surface area contributed by atoms with Crippen molar-refractivity contribution in [3.8, 4) is 0 Å². The number of anilines is 2. The van der Waals surface area contributed by atoms with Crippen molar-refractivity contribution in [2.75, 3.05) is 17.7 Å². The molecule has 7 nitrogen and oxygen atoms in total. The number of carbonyl (C=O) groups is 2. The third-order valence-corrected chi connectivity index (χ3v) is 2.86. The Morgan fingerprint density at radius 1 is 1.09 bits per heavy atom. The van der Waals surface area contributed by atoms with Crippen LogP contribution < -0.4 is 10.6 Å². The molecule has 0 bridgehead atoms. The van der Waals surface area contributed by atoms with Crippen molar-refractivity contribution >= 4 is 23.4 Å². The Kier molecular flexibility index (Phi) is 5.02. The Labute approximate surface area is 127 Å². The number of aromatic nitrogens is 2. The average molecular weight is 300 g/mol. The van der Waals surface area contributed by atoms with Gasteiger partial charge in [0.05, 0.1) is 7.11 Å². The molecule has 0 aliphatic carbocycles. The molecule has 2 N–H and O–H groups in total. The van der Waals surface area contributed by atoms with Crippen LogP contribution in [0, 0.1) is 0 Å². The Morgan fingerprint density at radius 2 is 1.82 bits per heavy atom. The summed E-state index contributed by atoms with van der Waals surface area (Å²) in [5, 5.41) is 13.2. The van der Waals surface area contributed by atoms with Gasteiger partial charge in [0.15, 0.2) is 5.69 Å². The van der Waals surface area contributed by atoms with Gasteiger partial charge in [0.2, 0.25) is 5.91 Å². The van der Waals surface area contributed by atoms with Crippen molar-refractivity contribution in [2.45, 2.75) is 13.0 Å². The molecule has 1 amide bonds. The Bertz CT molecular complexity index is 644. The first-order chi connectivity index (χ1) is 10.6. The second-order valence-corrected chi connectivity index (χ2v) is 4.52. The van der Waals surface area contributed by atoms with Crippen molar-refractivity contribution in [1.29, 1.82) is 0 Å². The van der Waals surface area contributed by atoms with E-state index < -0.39 is 12.0 Å². The smallest absolute Gasteiger partial charge is 0.358 e. The molecule has 114 valence electrons. The summed E-state index contributed by atoms with van der Waals surface area (Å²) >= 11 is 0. The molecular formula is C15H16N4O3. The van der Waals surface area contributed by atoms with E-state index in [9.17, 15) is 9.59 Å². The fraction of sp³-hybridized carbons (Fsp3) is 0.200. The molecule has 0 fully saturated rings. The second kappa shape index (κ2) is 7.16.